The summed E-state index contributed by atoms with van der Waals surface area (Å²) in [5.41, 5.74) is 0. The molecule has 0 bridgehead atoms. The Hall–Kier alpha value is -0.0800. The van der Waals surface area contributed by atoms with Gasteiger partial charge in [0, 0.05) is 13.2 Å². The van der Waals surface area contributed by atoms with Crippen molar-refractivity contribution in [2.75, 3.05) is 13.7 Å². The number of methoxy groups -OCH3 is 1. The molecule has 2 aliphatic carbocycles. The van der Waals surface area contributed by atoms with Crippen LogP contribution in [0.3, 0.4) is 0 Å². The summed E-state index contributed by atoms with van der Waals surface area (Å²) >= 11 is 0. The maximum atomic E-state index is 5.47. The summed E-state index contributed by atoms with van der Waals surface area (Å²) in [4.78, 5) is 0. The van der Waals surface area contributed by atoms with Crippen molar-refractivity contribution < 1.29 is 4.74 Å². The molecule has 1 N–H and O–H groups in total. The van der Waals surface area contributed by atoms with Gasteiger partial charge in [0.25, 0.3) is 0 Å². The SMILES string of the molecule is COC1CCCC(NCC2CCCC2C)C1. The Morgan fingerprint density at radius 2 is 1.94 bits per heavy atom. The van der Waals surface area contributed by atoms with E-state index in [0.29, 0.717) is 12.1 Å². The molecule has 16 heavy (non-hydrogen) atoms. The van der Waals surface area contributed by atoms with E-state index in [1.54, 1.807) is 0 Å². The second kappa shape index (κ2) is 6.02. The molecule has 0 aromatic rings. The fourth-order valence-electron chi connectivity index (χ4n) is 3.39. The zero-order valence-electron chi connectivity index (χ0n) is 10.9. The Labute approximate surface area is 100 Å². The molecule has 0 spiro atoms. The summed E-state index contributed by atoms with van der Waals surface area (Å²) in [6.07, 6.45) is 9.99. The minimum Gasteiger partial charge on any atom is -0.381 e. The van der Waals surface area contributed by atoms with Gasteiger partial charge in [-0.05, 0) is 50.5 Å². The molecule has 0 amide bonds. The molecule has 2 aliphatic rings. The van der Waals surface area contributed by atoms with Gasteiger partial charge in [-0.1, -0.05) is 19.8 Å². The first kappa shape index (κ1) is 12.4. The van der Waals surface area contributed by atoms with E-state index in [-0.39, 0.29) is 0 Å². The minimum atomic E-state index is 0.507. The van der Waals surface area contributed by atoms with Crippen LogP contribution in [-0.4, -0.2) is 25.8 Å². The second-order valence-corrected chi connectivity index (χ2v) is 5.80. The maximum Gasteiger partial charge on any atom is 0.0586 e. The Bertz CT molecular complexity index is 207. The van der Waals surface area contributed by atoms with Crippen LogP contribution in [0.15, 0.2) is 0 Å². The lowest BCUT2D eigenvalue weighted by atomic mass is 9.91. The van der Waals surface area contributed by atoms with Gasteiger partial charge in [-0.3, -0.25) is 0 Å². The molecule has 2 nitrogen and oxygen atoms in total. The molecular formula is C14H27NO. The standard InChI is InChI=1S/C14H27NO/c1-11-5-3-6-12(11)10-15-13-7-4-8-14(9-13)16-2/h11-15H,3-10H2,1-2H3. The molecule has 0 heterocycles. The summed E-state index contributed by atoms with van der Waals surface area (Å²) in [7, 11) is 1.85. The number of hydrogen-bond donors (Lipinski definition) is 1. The minimum absolute atomic E-state index is 0.507. The zero-order chi connectivity index (χ0) is 11.4. The third-order valence-corrected chi connectivity index (χ3v) is 4.67. The quantitative estimate of drug-likeness (QED) is 0.794. The Balaban J connectivity index is 1.68. The Morgan fingerprint density at radius 3 is 2.62 bits per heavy atom. The molecule has 2 saturated carbocycles. The van der Waals surface area contributed by atoms with Crippen LogP contribution in [-0.2, 0) is 4.74 Å². The predicted octanol–water partition coefficient (Wildman–Crippen LogP) is 2.97. The topological polar surface area (TPSA) is 21.3 Å². The van der Waals surface area contributed by atoms with Crippen LogP contribution in [0, 0.1) is 11.8 Å². The van der Waals surface area contributed by atoms with E-state index in [2.05, 4.69) is 12.2 Å². The van der Waals surface area contributed by atoms with Crippen LogP contribution in [0.25, 0.3) is 0 Å². The molecule has 0 aromatic heterocycles. The molecule has 4 unspecified atom stereocenters. The summed E-state index contributed by atoms with van der Waals surface area (Å²) in [5, 5.41) is 3.78. The smallest absolute Gasteiger partial charge is 0.0586 e. The molecule has 0 aromatic carbocycles. The number of rotatable bonds is 4. The van der Waals surface area contributed by atoms with Crippen molar-refractivity contribution >= 4 is 0 Å². The van der Waals surface area contributed by atoms with Crippen molar-refractivity contribution in [2.24, 2.45) is 11.8 Å². The largest absolute Gasteiger partial charge is 0.381 e. The van der Waals surface area contributed by atoms with Crippen molar-refractivity contribution in [1.29, 1.82) is 0 Å². The van der Waals surface area contributed by atoms with Gasteiger partial charge in [-0.15, -0.1) is 0 Å². The molecule has 4 atom stereocenters. The molecule has 0 radical (unpaired) electrons. The van der Waals surface area contributed by atoms with Gasteiger partial charge in [0.15, 0.2) is 0 Å². The molecule has 0 aliphatic heterocycles. The van der Waals surface area contributed by atoms with Crippen molar-refractivity contribution in [3.63, 3.8) is 0 Å². The molecule has 2 heteroatoms. The van der Waals surface area contributed by atoms with E-state index in [4.69, 9.17) is 4.74 Å². The van der Waals surface area contributed by atoms with Crippen molar-refractivity contribution in [2.45, 2.75) is 64.0 Å². The first-order valence-corrected chi connectivity index (χ1v) is 7.05. The van der Waals surface area contributed by atoms with E-state index in [1.807, 2.05) is 7.11 Å². The van der Waals surface area contributed by atoms with Crippen LogP contribution in [0.1, 0.15) is 51.9 Å². The fourth-order valence-corrected chi connectivity index (χ4v) is 3.39. The van der Waals surface area contributed by atoms with Crippen molar-refractivity contribution in [3.05, 3.63) is 0 Å². The lowest BCUT2D eigenvalue weighted by Gasteiger charge is -2.30. The van der Waals surface area contributed by atoms with E-state index in [1.165, 1.54) is 51.5 Å². The monoisotopic (exact) mass is 225 g/mol. The first-order valence-electron chi connectivity index (χ1n) is 7.05. The summed E-state index contributed by atoms with van der Waals surface area (Å²) in [6.45, 7) is 3.65. The van der Waals surface area contributed by atoms with Gasteiger partial charge in [-0.25, -0.2) is 0 Å². The zero-order valence-corrected chi connectivity index (χ0v) is 10.9. The van der Waals surface area contributed by atoms with E-state index in [0.717, 1.165) is 11.8 Å². The van der Waals surface area contributed by atoms with Crippen LogP contribution in [0.2, 0.25) is 0 Å². The lowest BCUT2D eigenvalue weighted by Crippen LogP contribution is -2.39. The van der Waals surface area contributed by atoms with E-state index < -0.39 is 0 Å². The van der Waals surface area contributed by atoms with Gasteiger partial charge in [0.2, 0.25) is 0 Å². The molecule has 2 rings (SSSR count). The van der Waals surface area contributed by atoms with Gasteiger partial charge < -0.3 is 10.1 Å². The van der Waals surface area contributed by atoms with Gasteiger partial charge >= 0.3 is 0 Å². The molecule has 94 valence electrons. The van der Waals surface area contributed by atoms with Crippen LogP contribution in [0.4, 0.5) is 0 Å². The van der Waals surface area contributed by atoms with Crippen molar-refractivity contribution in [3.8, 4) is 0 Å². The van der Waals surface area contributed by atoms with E-state index in [9.17, 15) is 0 Å². The lowest BCUT2D eigenvalue weighted by molar-refractivity contribution is 0.0580. The van der Waals surface area contributed by atoms with Crippen LogP contribution < -0.4 is 5.32 Å². The number of ether oxygens (including phenoxy) is 1. The van der Waals surface area contributed by atoms with E-state index >= 15 is 0 Å². The normalized spacial score (nSPS) is 40.1. The predicted molar refractivity (Wildman–Crippen MR) is 67.6 cm³/mol. The molecule has 2 fully saturated rings. The second-order valence-electron chi connectivity index (χ2n) is 5.80. The molecular weight excluding hydrogens is 198 g/mol. The highest BCUT2D eigenvalue weighted by Gasteiger charge is 2.26. The summed E-state index contributed by atoms with van der Waals surface area (Å²) in [5.74, 6) is 1.87. The van der Waals surface area contributed by atoms with Crippen LogP contribution >= 0.6 is 0 Å². The summed E-state index contributed by atoms with van der Waals surface area (Å²) in [6, 6.07) is 0.714. The third-order valence-electron chi connectivity index (χ3n) is 4.67. The highest BCUT2D eigenvalue weighted by atomic mass is 16.5. The number of hydrogen-bond acceptors (Lipinski definition) is 2. The average molecular weight is 225 g/mol. The summed E-state index contributed by atoms with van der Waals surface area (Å²) < 4.78 is 5.47. The van der Waals surface area contributed by atoms with Crippen molar-refractivity contribution in [1.82, 2.24) is 5.32 Å². The maximum absolute atomic E-state index is 5.47. The Kier molecular flexibility index (Phi) is 4.66. The highest BCUT2D eigenvalue weighted by molar-refractivity contribution is 4.82. The molecule has 0 saturated heterocycles. The average Bonchev–Trinajstić information content (AvgIpc) is 2.72. The highest BCUT2D eigenvalue weighted by Crippen LogP contribution is 2.31. The van der Waals surface area contributed by atoms with Gasteiger partial charge in [-0.2, -0.15) is 0 Å². The third kappa shape index (κ3) is 3.21. The number of nitrogens with one attached hydrogen (secondary N) is 1. The van der Waals surface area contributed by atoms with Crippen LogP contribution in [0.5, 0.6) is 0 Å². The van der Waals surface area contributed by atoms with Gasteiger partial charge in [0.05, 0.1) is 6.10 Å². The first-order chi connectivity index (χ1) is 7.79. The fraction of sp³-hybridized carbons (Fsp3) is 1.00. The Morgan fingerprint density at radius 1 is 1.12 bits per heavy atom. The van der Waals surface area contributed by atoms with Gasteiger partial charge in [0.1, 0.15) is 0 Å².